The van der Waals surface area contributed by atoms with Crippen LogP contribution in [0.5, 0.6) is 0 Å². The second-order valence-electron chi connectivity index (χ2n) is 3.71. The van der Waals surface area contributed by atoms with Gasteiger partial charge in [-0.05, 0) is 19.3 Å². The van der Waals surface area contributed by atoms with Crippen molar-refractivity contribution in [3.8, 4) is 0 Å². The monoisotopic (exact) mass is 172 g/mol. The first kappa shape index (κ1) is 8.48. The Morgan fingerprint density at radius 2 is 2.00 bits per heavy atom. The SMILES string of the molecule is O[C@@H]1CCO[C@@]2(CCCCO2)C1. The molecule has 1 N–H and O–H groups in total. The maximum atomic E-state index is 9.47. The molecule has 0 aliphatic carbocycles. The molecule has 0 bridgehead atoms. The van der Waals surface area contributed by atoms with Gasteiger partial charge in [0.15, 0.2) is 5.79 Å². The van der Waals surface area contributed by atoms with Crippen LogP contribution >= 0.6 is 0 Å². The Kier molecular flexibility index (Phi) is 2.35. The van der Waals surface area contributed by atoms with E-state index in [9.17, 15) is 5.11 Å². The van der Waals surface area contributed by atoms with Crippen LogP contribution in [0.25, 0.3) is 0 Å². The Balaban J connectivity index is 1.97. The van der Waals surface area contributed by atoms with Gasteiger partial charge in [-0.25, -0.2) is 0 Å². The number of aliphatic hydroxyl groups excluding tert-OH is 1. The normalized spacial score (nSPS) is 43.2. The summed E-state index contributed by atoms with van der Waals surface area (Å²) in [5.41, 5.74) is 0. The Bertz CT molecular complexity index is 146. The molecule has 2 saturated heterocycles. The first-order chi connectivity index (χ1) is 5.81. The van der Waals surface area contributed by atoms with Crippen LogP contribution < -0.4 is 0 Å². The fraction of sp³-hybridized carbons (Fsp3) is 1.00. The summed E-state index contributed by atoms with van der Waals surface area (Å²) in [6.07, 6.45) is 4.42. The van der Waals surface area contributed by atoms with Gasteiger partial charge >= 0.3 is 0 Å². The van der Waals surface area contributed by atoms with E-state index in [1.54, 1.807) is 0 Å². The largest absolute Gasteiger partial charge is 0.393 e. The predicted octanol–water partition coefficient (Wildman–Crippen LogP) is 1.05. The van der Waals surface area contributed by atoms with Crippen LogP contribution in [0.3, 0.4) is 0 Å². The molecule has 0 aromatic heterocycles. The molecule has 0 saturated carbocycles. The number of rotatable bonds is 0. The molecule has 2 aliphatic heterocycles. The van der Waals surface area contributed by atoms with Crippen LogP contribution in [0.4, 0.5) is 0 Å². The lowest BCUT2D eigenvalue weighted by Crippen LogP contribution is -2.46. The van der Waals surface area contributed by atoms with Gasteiger partial charge in [0.1, 0.15) is 0 Å². The molecule has 0 aromatic rings. The van der Waals surface area contributed by atoms with Crippen molar-refractivity contribution >= 4 is 0 Å². The summed E-state index contributed by atoms with van der Waals surface area (Å²) in [6, 6.07) is 0. The van der Waals surface area contributed by atoms with E-state index in [1.165, 1.54) is 0 Å². The highest BCUT2D eigenvalue weighted by molar-refractivity contribution is 4.81. The lowest BCUT2D eigenvalue weighted by molar-refractivity contribution is -0.286. The molecule has 3 heteroatoms. The molecule has 2 atom stereocenters. The maximum Gasteiger partial charge on any atom is 0.170 e. The minimum atomic E-state index is -0.421. The number of hydrogen-bond acceptors (Lipinski definition) is 3. The average Bonchev–Trinajstić information content (AvgIpc) is 2.05. The molecule has 70 valence electrons. The highest BCUT2D eigenvalue weighted by Gasteiger charge is 2.39. The van der Waals surface area contributed by atoms with E-state index >= 15 is 0 Å². The van der Waals surface area contributed by atoms with Crippen LogP contribution in [0.15, 0.2) is 0 Å². The van der Waals surface area contributed by atoms with Gasteiger partial charge in [0.2, 0.25) is 0 Å². The van der Waals surface area contributed by atoms with Gasteiger partial charge < -0.3 is 14.6 Å². The van der Waals surface area contributed by atoms with Gasteiger partial charge in [-0.15, -0.1) is 0 Å². The van der Waals surface area contributed by atoms with E-state index in [0.717, 1.165) is 32.3 Å². The van der Waals surface area contributed by atoms with Gasteiger partial charge in [-0.3, -0.25) is 0 Å². The molecular formula is C9H16O3. The van der Waals surface area contributed by atoms with Crippen molar-refractivity contribution in [3.05, 3.63) is 0 Å². The third-order valence-electron chi connectivity index (χ3n) is 2.68. The Morgan fingerprint density at radius 1 is 1.17 bits per heavy atom. The molecule has 0 amide bonds. The molecule has 12 heavy (non-hydrogen) atoms. The lowest BCUT2D eigenvalue weighted by Gasteiger charge is -2.41. The molecule has 2 rings (SSSR count). The highest BCUT2D eigenvalue weighted by Crippen LogP contribution is 2.34. The first-order valence-corrected chi connectivity index (χ1v) is 4.77. The minimum absolute atomic E-state index is 0.225. The molecule has 2 aliphatic rings. The van der Waals surface area contributed by atoms with E-state index in [-0.39, 0.29) is 6.10 Å². The Morgan fingerprint density at radius 3 is 2.67 bits per heavy atom. The van der Waals surface area contributed by atoms with Crippen LogP contribution in [0.1, 0.15) is 32.1 Å². The van der Waals surface area contributed by atoms with E-state index < -0.39 is 5.79 Å². The van der Waals surface area contributed by atoms with E-state index in [1.807, 2.05) is 0 Å². The first-order valence-electron chi connectivity index (χ1n) is 4.77. The Labute approximate surface area is 72.7 Å². The zero-order valence-corrected chi connectivity index (χ0v) is 7.29. The molecule has 2 heterocycles. The zero-order valence-electron chi connectivity index (χ0n) is 7.29. The zero-order chi connectivity index (χ0) is 8.44. The quantitative estimate of drug-likeness (QED) is 0.593. The summed E-state index contributed by atoms with van der Waals surface area (Å²) < 4.78 is 11.2. The lowest BCUT2D eigenvalue weighted by atomic mass is 9.96. The van der Waals surface area contributed by atoms with Gasteiger partial charge in [0.25, 0.3) is 0 Å². The molecule has 2 fully saturated rings. The summed E-state index contributed by atoms with van der Waals surface area (Å²) >= 11 is 0. The summed E-state index contributed by atoms with van der Waals surface area (Å²) in [6.45, 7) is 1.42. The summed E-state index contributed by atoms with van der Waals surface area (Å²) in [5, 5.41) is 9.47. The van der Waals surface area contributed by atoms with Crippen molar-refractivity contribution in [1.29, 1.82) is 0 Å². The predicted molar refractivity (Wildman–Crippen MR) is 43.7 cm³/mol. The molecule has 1 spiro atoms. The van der Waals surface area contributed by atoms with Crippen molar-refractivity contribution in [2.24, 2.45) is 0 Å². The maximum absolute atomic E-state index is 9.47. The van der Waals surface area contributed by atoms with Crippen LogP contribution in [0.2, 0.25) is 0 Å². The second kappa shape index (κ2) is 3.32. The third-order valence-corrected chi connectivity index (χ3v) is 2.68. The summed E-state index contributed by atoms with van der Waals surface area (Å²) in [5.74, 6) is -0.421. The van der Waals surface area contributed by atoms with Gasteiger partial charge in [0.05, 0.1) is 19.3 Å². The van der Waals surface area contributed by atoms with Crippen molar-refractivity contribution < 1.29 is 14.6 Å². The second-order valence-corrected chi connectivity index (χ2v) is 3.71. The van der Waals surface area contributed by atoms with Gasteiger partial charge in [-0.1, -0.05) is 0 Å². The van der Waals surface area contributed by atoms with Gasteiger partial charge in [-0.2, -0.15) is 0 Å². The minimum Gasteiger partial charge on any atom is -0.393 e. The topological polar surface area (TPSA) is 38.7 Å². The van der Waals surface area contributed by atoms with Crippen LogP contribution in [0, 0.1) is 0 Å². The van der Waals surface area contributed by atoms with E-state index in [4.69, 9.17) is 9.47 Å². The number of aliphatic hydroxyl groups is 1. The van der Waals surface area contributed by atoms with Crippen molar-refractivity contribution in [3.63, 3.8) is 0 Å². The van der Waals surface area contributed by atoms with Crippen LogP contribution in [-0.2, 0) is 9.47 Å². The molecule has 0 unspecified atom stereocenters. The average molecular weight is 172 g/mol. The fourth-order valence-corrected chi connectivity index (χ4v) is 2.00. The highest BCUT2D eigenvalue weighted by atomic mass is 16.7. The van der Waals surface area contributed by atoms with E-state index in [0.29, 0.717) is 13.0 Å². The van der Waals surface area contributed by atoms with Crippen molar-refractivity contribution in [1.82, 2.24) is 0 Å². The molecule has 0 aromatic carbocycles. The smallest absolute Gasteiger partial charge is 0.170 e. The fourth-order valence-electron chi connectivity index (χ4n) is 2.00. The Hall–Kier alpha value is -0.120. The number of ether oxygens (including phenoxy) is 2. The van der Waals surface area contributed by atoms with Crippen molar-refractivity contribution in [2.45, 2.75) is 44.0 Å². The summed E-state index contributed by atoms with van der Waals surface area (Å²) in [7, 11) is 0. The van der Waals surface area contributed by atoms with Gasteiger partial charge in [0, 0.05) is 12.8 Å². The molecular weight excluding hydrogens is 156 g/mol. The molecule has 0 radical (unpaired) electrons. The third kappa shape index (κ3) is 1.63. The molecule has 3 nitrogen and oxygen atoms in total. The standard InChI is InChI=1S/C9H16O3/c10-8-3-6-12-9(7-8)4-1-2-5-11-9/h8,10H,1-7H2/t8-,9+/m1/s1. The summed E-state index contributed by atoms with van der Waals surface area (Å²) in [4.78, 5) is 0. The van der Waals surface area contributed by atoms with Crippen molar-refractivity contribution in [2.75, 3.05) is 13.2 Å². The van der Waals surface area contributed by atoms with Crippen LogP contribution in [-0.4, -0.2) is 30.2 Å². The number of hydrogen-bond donors (Lipinski definition) is 1. The van der Waals surface area contributed by atoms with E-state index in [2.05, 4.69) is 0 Å².